The molecule has 2 atom stereocenters. The molecule has 0 bridgehead atoms. The van der Waals surface area contributed by atoms with E-state index in [0.29, 0.717) is 5.41 Å². The van der Waals surface area contributed by atoms with Gasteiger partial charge in [-0.15, -0.1) is 11.3 Å². The fraction of sp³-hybridized carbons (Fsp3) is 0.733. The minimum Gasteiger partial charge on any atom is -0.371 e. The van der Waals surface area contributed by atoms with E-state index >= 15 is 0 Å². The fourth-order valence-electron chi connectivity index (χ4n) is 1.73. The van der Waals surface area contributed by atoms with Crippen LogP contribution < -0.4 is 5.73 Å². The fourth-order valence-corrected chi connectivity index (χ4v) is 2.73. The molecular weight excluding hydrogens is 242 g/mol. The zero-order chi connectivity index (χ0) is 13.8. The summed E-state index contributed by atoms with van der Waals surface area (Å²) in [6.45, 7) is 11.7. The highest BCUT2D eigenvalue weighted by atomic mass is 32.1. The molecule has 0 aliphatic heterocycles. The van der Waals surface area contributed by atoms with Gasteiger partial charge in [-0.2, -0.15) is 0 Å². The van der Waals surface area contributed by atoms with Gasteiger partial charge in [0.05, 0.1) is 0 Å². The van der Waals surface area contributed by atoms with Gasteiger partial charge in [0.15, 0.2) is 0 Å². The van der Waals surface area contributed by atoms with Gasteiger partial charge in [0.1, 0.15) is 6.10 Å². The highest BCUT2D eigenvalue weighted by Crippen LogP contribution is 2.30. The molecule has 1 aromatic rings. The highest BCUT2D eigenvalue weighted by molar-refractivity contribution is 7.12. The lowest BCUT2D eigenvalue weighted by atomic mass is 9.93. The number of hydrogen-bond acceptors (Lipinski definition) is 3. The SMILES string of the molecule is CCC(N)C(OCCC(C)(C)C)c1ccc(C)s1. The Bertz CT molecular complexity index is 354. The van der Waals surface area contributed by atoms with E-state index in [1.54, 1.807) is 11.3 Å². The van der Waals surface area contributed by atoms with Crippen molar-refractivity contribution in [2.45, 2.75) is 59.6 Å². The maximum atomic E-state index is 6.19. The van der Waals surface area contributed by atoms with Gasteiger partial charge in [0, 0.05) is 22.4 Å². The zero-order valence-corrected chi connectivity index (χ0v) is 13.1. The molecule has 104 valence electrons. The van der Waals surface area contributed by atoms with E-state index in [1.807, 2.05) is 0 Å². The molecule has 0 aromatic carbocycles. The van der Waals surface area contributed by atoms with E-state index < -0.39 is 0 Å². The average Bonchev–Trinajstić information content (AvgIpc) is 2.68. The minimum atomic E-state index is 0.0519. The van der Waals surface area contributed by atoms with E-state index in [-0.39, 0.29) is 12.1 Å². The summed E-state index contributed by atoms with van der Waals surface area (Å²) in [7, 11) is 0. The predicted octanol–water partition coefficient (Wildman–Crippen LogP) is 4.29. The molecule has 0 radical (unpaired) electrons. The summed E-state index contributed by atoms with van der Waals surface area (Å²) < 4.78 is 6.06. The van der Waals surface area contributed by atoms with Crippen LogP contribution in [0, 0.1) is 12.3 Å². The number of ether oxygens (including phenoxy) is 1. The first-order valence-electron chi connectivity index (χ1n) is 6.77. The van der Waals surface area contributed by atoms with Crippen molar-refractivity contribution in [1.82, 2.24) is 0 Å². The average molecular weight is 269 g/mol. The van der Waals surface area contributed by atoms with Gasteiger partial charge in [-0.25, -0.2) is 0 Å². The molecule has 1 aromatic heterocycles. The Morgan fingerprint density at radius 1 is 1.33 bits per heavy atom. The van der Waals surface area contributed by atoms with Gasteiger partial charge < -0.3 is 10.5 Å². The predicted molar refractivity (Wildman–Crippen MR) is 80.1 cm³/mol. The van der Waals surface area contributed by atoms with Crippen molar-refractivity contribution in [2.24, 2.45) is 11.1 Å². The van der Waals surface area contributed by atoms with Crippen LogP contribution in [-0.2, 0) is 4.74 Å². The third-order valence-electron chi connectivity index (χ3n) is 3.05. The number of rotatable bonds is 6. The molecule has 18 heavy (non-hydrogen) atoms. The molecule has 0 spiro atoms. The molecule has 0 fully saturated rings. The third-order valence-corrected chi connectivity index (χ3v) is 4.11. The number of aryl methyl sites for hydroxylation is 1. The molecule has 1 rings (SSSR count). The van der Waals surface area contributed by atoms with Crippen molar-refractivity contribution in [1.29, 1.82) is 0 Å². The lowest BCUT2D eigenvalue weighted by Crippen LogP contribution is -2.29. The molecule has 0 amide bonds. The van der Waals surface area contributed by atoms with Crippen molar-refractivity contribution in [2.75, 3.05) is 6.61 Å². The summed E-state index contributed by atoms with van der Waals surface area (Å²) in [5, 5.41) is 0. The Kier molecular flexibility index (Phi) is 5.83. The Morgan fingerprint density at radius 2 is 2.00 bits per heavy atom. The van der Waals surface area contributed by atoms with Crippen LogP contribution in [0.3, 0.4) is 0 Å². The van der Waals surface area contributed by atoms with Crippen molar-refractivity contribution in [3.63, 3.8) is 0 Å². The van der Waals surface area contributed by atoms with Gasteiger partial charge in [0.25, 0.3) is 0 Å². The molecule has 0 aliphatic rings. The highest BCUT2D eigenvalue weighted by Gasteiger charge is 2.21. The lowest BCUT2D eigenvalue weighted by Gasteiger charge is -2.25. The monoisotopic (exact) mass is 269 g/mol. The topological polar surface area (TPSA) is 35.2 Å². The summed E-state index contributed by atoms with van der Waals surface area (Å²) in [6, 6.07) is 4.38. The zero-order valence-electron chi connectivity index (χ0n) is 12.3. The summed E-state index contributed by atoms with van der Waals surface area (Å²) >= 11 is 1.79. The van der Waals surface area contributed by atoms with Crippen molar-refractivity contribution >= 4 is 11.3 Å². The van der Waals surface area contributed by atoms with Crippen LogP contribution in [-0.4, -0.2) is 12.6 Å². The lowest BCUT2D eigenvalue weighted by molar-refractivity contribution is 0.0221. The molecule has 3 heteroatoms. The second-order valence-corrected chi connectivity index (χ2v) is 7.44. The van der Waals surface area contributed by atoms with Gasteiger partial charge in [0.2, 0.25) is 0 Å². The first kappa shape index (κ1) is 15.7. The molecule has 2 N–H and O–H groups in total. The number of hydrogen-bond donors (Lipinski definition) is 1. The van der Waals surface area contributed by atoms with Crippen LogP contribution in [0.15, 0.2) is 12.1 Å². The number of nitrogens with two attached hydrogens (primary N) is 1. The van der Waals surface area contributed by atoms with Crippen LogP contribution in [0.4, 0.5) is 0 Å². The largest absolute Gasteiger partial charge is 0.371 e. The molecule has 2 nitrogen and oxygen atoms in total. The first-order valence-corrected chi connectivity index (χ1v) is 7.58. The molecular formula is C15H27NOS. The quantitative estimate of drug-likeness (QED) is 0.836. The van der Waals surface area contributed by atoms with Crippen molar-refractivity contribution < 1.29 is 4.74 Å². The maximum Gasteiger partial charge on any atom is 0.107 e. The third kappa shape index (κ3) is 5.09. The van der Waals surface area contributed by atoms with Crippen molar-refractivity contribution in [3.8, 4) is 0 Å². The minimum absolute atomic E-state index is 0.0519. The van der Waals surface area contributed by atoms with Gasteiger partial charge in [-0.05, 0) is 37.3 Å². The van der Waals surface area contributed by atoms with Crippen LogP contribution in [0.5, 0.6) is 0 Å². The second kappa shape index (κ2) is 6.69. The summed E-state index contributed by atoms with van der Waals surface area (Å²) in [4.78, 5) is 2.58. The molecule has 0 aliphatic carbocycles. The Labute approximate surface area is 116 Å². The van der Waals surface area contributed by atoms with Gasteiger partial charge in [-0.3, -0.25) is 0 Å². The molecule has 2 unspecified atom stereocenters. The maximum absolute atomic E-state index is 6.19. The van der Waals surface area contributed by atoms with Crippen LogP contribution in [0.1, 0.15) is 56.4 Å². The van der Waals surface area contributed by atoms with Crippen LogP contribution >= 0.6 is 11.3 Å². The van der Waals surface area contributed by atoms with Gasteiger partial charge >= 0.3 is 0 Å². The first-order chi connectivity index (χ1) is 8.33. The standard InChI is InChI=1S/C15H27NOS/c1-6-12(16)14(13-8-7-11(2)18-13)17-10-9-15(3,4)5/h7-8,12,14H,6,9-10,16H2,1-5H3. The van der Waals surface area contributed by atoms with Crippen LogP contribution in [0.2, 0.25) is 0 Å². The van der Waals surface area contributed by atoms with E-state index in [4.69, 9.17) is 10.5 Å². The Balaban J connectivity index is 2.62. The van der Waals surface area contributed by atoms with Crippen LogP contribution in [0.25, 0.3) is 0 Å². The van der Waals surface area contributed by atoms with E-state index in [0.717, 1.165) is 19.4 Å². The number of thiophene rings is 1. The summed E-state index contributed by atoms with van der Waals surface area (Å²) in [6.07, 6.45) is 2.05. The second-order valence-electron chi connectivity index (χ2n) is 6.12. The normalized spacial score (nSPS) is 15.7. The Morgan fingerprint density at radius 3 is 2.44 bits per heavy atom. The van der Waals surface area contributed by atoms with E-state index in [1.165, 1.54) is 9.75 Å². The summed E-state index contributed by atoms with van der Waals surface area (Å²) in [5.41, 5.74) is 6.50. The van der Waals surface area contributed by atoms with E-state index in [2.05, 4.69) is 46.8 Å². The van der Waals surface area contributed by atoms with E-state index in [9.17, 15) is 0 Å². The Hall–Kier alpha value is -0.380. The molecule has 1 heterocycles. The molecule has 0 saturated heterocycles. The smallest absolute Gasteiger partial charge is 0.107 e. The molecule has 0 saturated carbocycles. The summed E-state index contributed by atoms with van der Waals surface area (Å²) in [5.74, 6) is 0. The van der Waals surface area contributed by atoms with Gasteiger partial charge in [-0.1, -0.05) is 27.7 Å². The van der Waals surface area contributed by atoms with Crippen molar-refractivity contribution in [3.05, 3.63) is 21.9 Å².